The van der Waals surface area contributed by atoms with Crippen LogP contribution in [0.3, 0.4) is 0 Å². The molecule has 1 fully saturated rings. The second-order valence-corrected chi connectivity index (χ2v) is 13.9. The fraction of sp³-hybridized carbons (Fsp3) is 0.375. The summed E-state index contributed by atoms with van der Waals surface area (Å²) in [5, 5.41) is 3.18. The summed E-state index contributed by atoms with van der Waals surface area (Å²) in [5.41, 5.74) is 2.01. The highest BCUT2D eigenvalue weighted by atomic mass is 79.9. The molecule has 2 aliphatic rings. The molecule has 0 saturated heterocycles. The van der Waals surface area contributed by atoms with Gasteiger partial charge in [0.2, 0.25) is 28.6 Å². The van der Waals surface area contributed by atoms with Crippen molar-refractivity contribution >= 4 is 43.5 Å². The third-order valence-electron chi connectivity index (χ3n) is 7.86. The van der Waals surface area contributed by atoms with Crippen molar-refractivity contribution in [3.63, 3.8) is 0 Å². The molecule has 1 atom stereocenters. The van der Waals surface area contributed by atoms with Gasteiger partial charge in [-0.15, -0.1) is 0 Å². The lowest BCUT2D eigenvalue weighted by atomic mass is 10.0. The van der Waals surface area contributed by atoms with Crippen LogP contribution in [0.2, 0.25) is 0 Å². The molecule has 0 bridgehead atoms. The third-order valence-corrected chi connectivity index (χ3v) is 10.1. The number of nitrogens with one attached hydrogen (secondary N) is 1. The average molecular weight is 671 g/mol. The zero-order chi connectivity index (χ0) is 30.4. The van der Waals surface area contributed by atoms with E-state index < -0.39 is 28.5 Å². The Labute approximate surface area is 261 Å². The molecular weight excluding hydrogens is 634 g/mol. The predicted octanol–water partition coefficient (Wildman–Crippen LogP) is 5.03. The maximum Gasteiger partial charge on any atom is 0.244 e. The van der Waals surface area contributed by atoms with E-state index in [0.717, 1.165) is 45.6 Å². The molecule has 9 nitrogen and oxygen atoms in total. The molecule has 1 aliphatic carbocycles. The number of carbonyl (C=O) groups excluding carboxylic acids is 2. The first-order valence-corrected chi connectivity index (χ1v) is 16.9. The van der Waals surface area contributed by atoms with Crippen molar-refractivity contribution in [2.75, 3.05) is 23.4 Å². The summed E-state index contributed by atoms with van der Waals surface area (Å²) < 4.78 is 39.6. The van der Waals surface area contributed by atoms with Gasteiger partial charge in [-0.25, -0.2) is 8.42 Å². The van der Waals surface area contributed by atoms with E-state index >= 15 is 0 Å². The Hall–Kier alpha value is -3.57. The lowest BCUT2D eigenvalue weighted by Gasteiger charge is -2.34. The van der Waals surface area contributed by atoms with E-state index in [2.05, 4.69) is 21.2 Å². The molecule has 0 aromatic heterocycles. The van der Waals surface area contributed by atoms with Gasteiger partial charge in [-0.1, -0.05) is 71.2 Å². The summed E-state index contributed by atoms with van der Waals surface area (Å²) in [6.45, 7) is 1.22. The Morgan fingerprint density at radius 1 is 0.953 bits per heavy atom. The zero-order valence-corrected chi connectivity index (χ0v) is 26.5. The molecule has 0 unspecified atom stereocenters. The molecule has 1 heterocycles. The lowest BCUT2D eigenvalue weighted by molar-refractivity contribution is -0.140. The van der Waals surface area contributed by atoms with Gasteiger partial charge in [0.25, 0.3) is 0 Å². The van der Waals surface area contributed by atoms with Crippen LogP contribution in [0.1, 0.15) is 43.7 Å². The van der Waals surface area contributed by atoms with Crippen molar-refractivity contribution in [2.24, 2.45) is 0 Å². The first-order valence-electron chi connectivity index (χ1n) is 14.5. The minimum atomic E-state index is -3.88. The highest BCUT2D eigenvalue weighted by Crippen LogP contribution is 2.36. The third kappa shape index (κ3) is 7.69. The monoisotopic (exact) mass is 669 g/mol. The predicted molar refractivity (Wildman–Crippen MR) is 168 cm³/mol. The van der Waals surface area contributed by atoms with Gasteiger partial charge in [0.15, 0.2) is 11.5 Å². The minimum Gasteiger partial charge on any atom is -0.454 e. The van der Waals surface area contributed by atoms with Gasteiger partial charge in [-0.2, -0.15) is 0 Å². The number of halogens is 1. The summed E-state index contributed by atoms with van der Waals surface area (Å²) in [5.74, 6) is -0.0238. The van der Waals surface area contributed by atoms with E-state index in [1.165, 1.54) is 11.8 Å². The molecule has 11 heteroatoms. The summed E-state index contributed by atoms with van der Waals surface area (Å²) in [6, 6.07) is 21.1. The lowest BCUT2D eigenvalue weighted by Crippen LogP contribution is -2.54. The van der Waals surface area contributed by atoms with Crippen molar-refractivity contribution < 1.29 is 27.5 Å². The molecule has 1 aliphatic heterocycles. The highest BCUT2D eigenvalue weighted by Gasteiger charge is 2.35. The van der Waals surface area contributed by atoms with E-state index in [0.29, 0.717) is 11.5 Å². The molecule has 0 spiro atoms. The molecular formula is C32H36BrN3O6S. The van der Waals surface area contributed by atoms with Crippen LogP contribution in [-0.4, -0.2) is 56.3 Å². The average Bonchev–Trinajstić information content (AvgIpc) is 3.71. The SMILES string of the molecule is CCS(=O)(=O)N(CC(=O)N(Cc1ccc(Br)cc1)[C@H](Cc1ccccc1)C(=O)NC1CCCC1)c1ccc2c(c1)OCO2. The number of sulfonamides is 1. The number of rotatable bonds is 12. The van der Waals surface area contributed by atoms with Crippen LogP contribution >= 0.6 is 15.9 Å². The van der Waals surface area contributed by atoms with E-state index in [1.807, 2.05) is 54.6 Å². The number of amides is 2. The maximum absolute atomic E-state index is 14.3. The quantitative estimate of drug-likeness (QED) is 0.290. The number of anilines is 1. The van der Waals surface area contributed by atoms with Crippen LogP contribution < -0.4 is 19.1 Å². The smallest absolute Gasteiger partial charge is 0.244 e. The van der Waals surface area contributed by atoms with E-state index in [-0.39, 0.29) is 43.1 Å². The van der Waals surface area contributed by atoms with Crippen molar-refractivity contribution in [2.45, 2.75) is 57.7 Å². The van der Waals surface area contributed by atoms with Gasteiger partial charge in [-0.05, 0) is 55.2 Å². The van der Waals surface area contributed by atoms with Crippen LogP contribution in [0.5, 0.6) is 11.5 Å². The second kappa shape index (κ2) is 13.8. The van der Waals surface area contributed by atoms with E-state index in [9.17, 15) is 18.0 Å². The van der Waals surface area contributed by atoms with Crippen LogP contribution in [0.15, 0.2) is 77.3 Å². The highest BCUT2D eigenvalue weighted by molar-refractivity contribution is 9.10. The maximum atomic E-state index is 14.3. The molecule has 0 radical (unpaired) electrons. The number of ether oxygens (including phenoxy) is 2. The van der Waals surface area contributed by atoms with Crippen LogP contribution in [0.4, 0.5) is 5.69 Å². The second-order valence-electron chi connectivity index (χ2n) is 10.8. The Morgan fingerprint density at radius 3 is 2.35 bits per heavy atom. The van der Waals surface area contributed by atoms with Gasteiger partial charge in [0.05, 0.1) is 11.4 Å². The Balaban J connectivity index is 1.51. The summed E-state index contributed by atoms with van der Waals surface area (Å²) in [7, 11) is -3.88. The van der Waals surface area contributed by atoms with E-state index in [1.54, 1.807) is 18.2 Å². The Kier molecular flexibility index (Phi) is 9.92. The summed E-state index contributed by atoms with van der Waals surface area (Å²) in [4.78, 5) is 29.8. The Morgan fingerprint density at radius 2 is 1.65 bits per heavy atom. The molecule has 5 rings (SSSR count). The topological polar surface area (TPSA) is 105 Å². The van der Waals surface area contributed by atoms with Crippen molar-refractivity contribution in [1.29, 1.82) is 0 Å². The summed E-state index contributed by atoms with van der Waals surface area (Å²) in [6.07, 6.45) is 4.19. The first-order chi connectivity index (χ1) is 20.7. The van der Waals surface area contributed by atoms with Gasteiger partial charge < -0.3 is 19.7 Å². The number of fused-ring (bicyclic) bond motifs is 1. The molecule has 3 aromatic carbocycles. The zero-order valence-electron chi connectivity index (χ0n) is 24.1. The van der Waals surface area contributed by atoms with Crippen LogP contribution in [-0.2, 0) is 32.6 Å². The van der Waals surface area contributed by atoms with Crippen molar-refractivity contribution in [3.8, 4) is 11.5 Å². The number of hydrogen-bond acceptors (Lipinski definition) is 6. The molecule has 43 heavy (non-hydrogen) atoms. The molecule has 1 saturated carbocycles. The largest absolute Gasteiger partial charge is 0.454 e. The molecule has 228 valence electrons. The Bertz CT molecular complexity index is 1530. The van der Waals surface area contributed by atoms with Gasteiger partial charge in [0.1, 0.15) is 12.6 Å². The fourth-order valence-corrected chi connectivity index (χ4v) is 6.79. The molecule has 1 N–H and O–H groups in total. The summed E-state index contributed by atoms with van der Waals surface area (Å²) >= 11 is 3.46. The normalized spacial score (nSPS) is 15.2. The number of benzene rings is 3. The van der Waals surface area contributed by atoms with Crippen molar-refractivity contribution in [3.05, 3.63) is 88.4 Å². The van der Waals surface area contributed by atoms with Gasteiger partial charge in [-0.3, -0.25) is 13.9 Å². The van der Waals surface area contributed by atoms with Crippen LogP contribution in [0, 0.1) is 0 Å². The van der Waals surface area contributed by atoms with Gasteiger partial charge in [0, 0.05) is 29.5 Å². The van der Waals surface area contributed by atoms with Crippen LogP contribution in [0.25, 0.3) is 0 Å². The fourth-order valence-electron chi connectivity index (χ4n) is 5.47. The number of carbonyl (C=O) groups is 2. The standard InChI is InChI=1S/C32H36BrN3O6S/c1-2-43(39,40)36(27-16-17-29-30(19-27)42-22-41-29)21-31(37)35(20-24-12-14-25(33)15-13-24)28(18-23-8-4-3-5-9-23)32(38)34-26-10-6-7-11-26/h3-5,8-9,12-17,19,26,28H,2,6-7,10-11,18,20-22H2,1H3,(H,34,38)/t28-/m1/s1. The van der Waals surface area contributed by atoms with E-state index in [4.69, 9.17) is 9.47 Å². The molecule has 2 amide bonds. The van der Waals surface area contributed by atoms with Gasteiger partial charge >= 0.3 is 0 Å². The minimum absolute atomic E-state index is 0.0382. The first kappa shape index (κ1) is 30.9. The molecule has 3 aromatic rings. The number of hydrogen-bond donors (Lipinski definition) is 1. The van der Waals surface area contributed by atoms with Crippen molar-refractivity contribution in [1.82, 2.24) is 10.2 Å². The number of nitrogens with zero attached hydrogens (tertiary/aromatic N) is 2.